The van der Waals surface area contributed by atoms with Crippen molar-refractivity contribution in [3.05, 3.63) is 30.0 Å². The van der Waals surface area contributed by atoms with E-state index in [1.165, 1.54) is 0 Å². The molecule has 1 atom stereocenters. The quantitative estimate of drug-likeness (QED) is 0.735. The molecule has 1 unspecified atom stereocenters. The fraction of sp³-hybridized carbons (Fsp3) is 0.182. The lowest BCUT2D eigenvalue weighted by Crippen LogP contribution is -2.22. The highest BCUT2D eigenvalue weighted by Crippen LogP contribution is 2.35. The van der Waals surface area contributed by atoms with E-state index in [-0.39, 0.29) is 11.8 Å². The third-order valence-corrected chi connectivity index (χ3v) is 2.84. The van der Waals surface area contributed by atoms with Crippen molar-refractivity contribution in [1.82, 2.24) is 0 Å². The smallest absolute Gasteiger partial charge is 0.226 e. The monoisotopic (exact) mass is 202 g/mol. The Hall–Kier alpha value is -1.97. The molecule has 0 fully saturated rings. The van der Waals surface area contributed by atoms with Crippen molar-refractivity contribution in [2.45, 2.75) is 5.92 Å². The van der Waals surface area contributed by atoms with E-state index in [9.17, 15) is 4.79 Å². The number of fused-ring (bicyclic) bond motifs is 2. The lowest BCUT2D eigenvalue weighted by Gasteiger charge is -2.04. The third kappa shape index (κ3) is 1.11. The molecule has 1 amide bonds. The molecule has 0 spiro atoms. The first kappa shape index (κ1) is 8.35. The van der Waals surface area contributed by atoms with Gasteiger partial charge in [0.25, 0.3) is 0 Å². The van der Waals surface area contributed by atoms with Crippen LogP contribution in [0.4, 0.5) is 5.69 Å². The number of anilines is 1. The minimum absolute atomic E-state index is 0.241. The molecule has 15 heavy (non-hydrogen) atoms. The van der Waals surface area contributed by atoms with Gasteiger partial charge < -0.3 is 15.5 Å². The zero-order valence-corrected chi connectivity index (χ0v) is 7.99. The summed E-state index contributed by atoms with van der Waals surface area (Å²) in [4.78, 5) is 11.2. The van der Waals surface area contributed by atoms with E-state index in [0.29, 0.717) is 6.54 Å². The van der Waals surface area contributed by atoms with E-state index in [1.54, 1.807) is 6.26 Å². The predicted molar refractivity (Wildman–Crippen MR) is 56.6 cm³/mol. The number of nitrogens with one attached hydrogen (secondary N) is 1. The van der Waals surface area contributed by atoms with Crippen molar-refractivity contribution < 1.29 is 9.21 Å². The van der Waals surface area contributed by atoms with E-state index in [0.717, 1.165) is 22.2 Å². The lowest BCUT2D eigenvalue weighted by atomic mass is 10.00. The van der Waals surface area contributed by atoms with Gasteiger partial charge in [-0.3, -0.25) is 4.79 Å². The summed E-state index contributed by atoms with van der Waals surface area (Å²) >= 11 is 0. The number of carbonyl (C=O) groups excluding carboxylic acids is 1. The first-order valence-corrected chi connectivity index (χ1v) is 4.80. The number of hydrogen-bond acceptors (Lipinski definition) is 3. The maximum atomic E-state index is 11.2. The van der Waals surface area contributed by atoms with Gasteiger partial charge in [0.15, 0.2) is 0 Å². The van der Waals surface area contributed by atoms with Gasteiger partial charge in [-0.1, -0.05) is 0 Å². The summed E-state index contributed by atoms with van der Waals surface area (Å²) in [5.74, 6) is -0.540. The molecule has 0 aliphatic carbocycles. The summed E-state index contributed by atoms with van der Waals surface area (Å²) in [7, 11) is 0. The minimum Gasteiger partial charge on any atom is -0.464 e. The number of hydrogen-bond donors (Lipinski definition) is 2. The van der Waals surface area contributed by atoms with Crippen LogP contribution < -0.4 is 11.1 Å². The average molecular weight is 202 g/mol. The van der Waals surface area contributed by atoms with Crippen LogP contribution in [0.1, 0.15) is 11.5 Å². The van der Waals surface area contributed by atoms with Crippen LogP contribution in [-0.4, -0.2) is 12.5 Å². The summed E-state index contributed by atoms with van der Waals surface area (Å²) in [5, 5.41) is 4.20. The minimum atomic E-state index is -0.299. The molecule has 0 saturated heterocycles. The third-order valence-electron chi connectivity index (χ3n) is 2.84. The van der Waals surface area contributed by atoms with Crippen LogP contribution in [0.15, 0.2) is 28.9 Å². The number of rotatable bonds is 1. The summed E-state index contributed by atoms with van der Waals surface area (Å²) in [6.45, 7) is 0.581. The molecule has 4 heteroatoms. The number of benzene rings is 1. The summed E-state index contributed by atoms with van der Waals surface area (Å²) < 4.78 is 5.29. The number of carbonyl (C=O) groups is 1. The number of nitrogens with two attached hydrogens (primary N) is 1. The van der Waals surface area contributed by atoms with Crippen molar-refractivity contribution in [3.63, 3.8) is 0 Å². The van der Waals surface area contributed by atoms with Crippen LogP contribution in [0, 0.1) is 0 Å². The van der Waals surface area contributed by atoms with Crippen molar-refractivity contribution >= 4 is 22.6 Å². The molecule has 1 aliphatic rings. The molecule has 4 nitrogen and oxygen atoms in total. The van der Waals surface area contributed by atoms with Crippen molar-refractivity contribution in [1.29, 1.82) is 0 Å². The van der Waals surface area contributed by atoms with Crippen LogP contribution in [-0.2, 0) is 4.79 Å². The second kappa shape index (κ2) is 2.76. The van der Waals surface area contributed by atoms with Crippen LogP contribution in [0.2, 0.25) is 0 Å². The Morgan fingerprint density at radius 2 is 2.40 bits per heavy atom. The predicted octanol–water partition coefficient (Wildman–Crippen LogP) is 1.43. The Morgan fingerprint density at radius 1 is 1.53 bits per heavy atom. The summed E-state index contributed by atoms with van der Waals surface area (Å²) in [5.41, 5.74) is 8.03. The van der Waals surface area contributed by atoms with Crippen molar-refractivity contribution in [3.8, 4) is 0 Å². The Kier molecular flexibility index (Phi) is 1.54. The highest BCUT2D eigenvalue weighted by atomic mass is 16.3. The van der Waals surface area contributed by atoms with Gasteiger partial charge in [0.1, 0.15) is 5.58 Å². The van der Waals surface area contributed by atoms with Crippen LogP contribution >= 0.6 is 0 Å². The molecule has 1 aromatic carbocycles. The van der Waals surface area contributed by atoms with Gasteiger partial charge in [0.2, 0.25) is 5.91 Å². The molecule has 1 aromatic heterocycles. The molecule has 2 heterocycles. The maximum Gasteiger partial charge on any atom is 0.226 e. The Balaban J connectivity index is 2.22. The lowest BCUT2D eigenvalue weighted by molar-refractivity contribution is -0.119. The zero-order valence-electron chi connectivity index (χ0n) is 7.99. The van der Waals surface area contributed by atoms with Gasteiger partial charge in [0.05, 0.1) is 12.2 Å². The van der Waals surface area contributed by atoms with E-state index >= 15 is 0 Å². The van der Waals surface area contributed by atoms with Gasteiger partial charge in [-0.05, 0) is 23.8 Å². The van der Waals surface area contributed by atoms with Gasteiger partial charge in [-0.25, -0.2) is 0 Å². The molecule has 3 rings (SSSR count). The van der Waals surface area contributed by atoms with Crippen LogP contribution in [0.3, 0.4) is 0 Å². The molecule has 0 saturated carbocycles. The second-order valence-corrected chi connectivity index (χ2v) is 3.73. The number of furan rings is 1. The van der Waals surface area contributed by atoms with E-state index in [1.807, 2.05) is 18.2 Å². The van der Waals surface area contributed by atoms with Crippen LogP contribution in [0.5, 0.6) is 0 Å². The molecular weight excluding hydrogens is 192 g/mol. The molecule has 0 bridgehead atoms. The van der Waals surface area contributed by atoms with Gasteiger partial charge in [-0.2, -0.15) is 0 Å². The zero-order chi connectivity index (χ0) is 10.4. The Bertz CT molecular complexity index is 545. The highest BCUT2D eigenvalue weighted by molar-refractivity contribution is 5.91. The fourth-order valence-electron chi connectivity index (χ4n) is 2.04. The summed E-state index contributed by atoms with van der Waals surface area (Å²) in [6.07, 6.45) is 1.64. The molecule has 0 radical (unpaired) electrons. The maximum absolute atomic E-state index is 11.2. The van der Waals surface area contributed by atoms with Gasteiger partial charge in [0, 0.05) is 17.6 Å². The molecule has 3 N–H and O–H groups in total. The Labute approximate surface area is 86.0 Å². The van der Waals surface area contributed by atoms with Crippen LogP contribution in [0.25, 0.3) is 11.0 Å². The topological polar surface area (TPSA) is 68.3 Å². The standard InChI is InChI=1S/C11H10N2O2/c12-11(14)8-5-13-9-3-6-1-2-15-10(6)4-7(8)9/h1-4,8,13H,5H2,(H2,12,14). The van der Waals surface area contributed by atoms with Crippen molar-refractivity contribution in [2.75, 3.05) is 11.9 Å². The first-order valence-electron chi connectivity index (χ1n) is 4.80. The highest BCUT2D eigenvalue weighted by Gasteiger charge is 2.27. The van der Waals surface area contributed by atoms with E-state index < -0.39 is 0 Å². The number of primary amides is 1. The number of amides is 1. The molecule has 76 valence electrons. The Morgan fingerprint density at radius 3 is 3.20 bits per heavy atom. The van der Waals surface area contributed by atoms with E-state index in [4.69, 9.17) is 10.2 Å². The normalized spacial score (nSPS) is 18.8. The van der Waals surface area contributed by atoms with Gasteiger partial charge in [-0.15, -0.1) is 0 Å². The first-order chi connectivity index (χ1) is 7.25. The largest absolute Gasteiger partial charge is 0.464 e. The average Bonchev–Trinajstić information content (AvgIpc) is 2.77. The molecular formula is C11H10N2O2. The second-order valence-electron chi connectivity index (χ2n) is 3.73. The van der Waals surface area contributed by atoms with Crippen molar-refractivity contribution in [2.24, 2.45) is 5.73 Å². The SMILES string of the molecule is NC(=O)C1CNc2cc3ccoc3cc21. The van der Waals surface area contributed by atoms with Gasteiger partial charge >= 0.3 is 0 Å². The molecule has 2 aromatic rings. The fourth-order valence-corrected chi connectivity index (χ4v) is 2.04. The van der Waals surface area contributed by atoms with E-state index in [2.05, 4.69) is 5.32 Å². The summed E-state index contributed by atoms with van der Waals surface area (Å²) in [6, 6.07) is 5.77. The molecule has 1 aliphatic heterocycles.